The van der Waals surface area contributed by atoms with E-state index in [-0.39, 0.29) is 25.1 Å². The van der Waals surface area contributed by atoms with Crippen LogP contribution in [0, 0.1) is 17.5 Å². The van der Waals surface area contributed by atoms with Gasteiger partial charge < -0.3 is 4.74 Å². The lowest BCUT2D eigenvalue weighted by molar-refractivity contribution is -0.0604. The van der Waals surface area contributed by atoms with Crippen molar-refractivity contribution in [2.75, 3.05) is 6.61 Å². The Morgan fingerprint density at radius 1 is 1.21 bits per heavy atom. The molecular weight excluding hydrogens is 418 g/mol. The van der Waals surface area contributed by atoms with Crippen LogP contribution in [0.4, 0.5) is 13.2 Å². The molecule has 0 bridgehead atoms. The molecule has 1 aromatic heterocycles. The lowest BCUT2D eigenvalue weighted by Crippen LogP contribution is -2.36. The highest BCUT2D eigenvalue weighted by Crippen LogP contribution is 2.52. The third-order valence-electron chi connectivity index (χ3n) is 4.58. The number of hydrogen-bond acceptors (Lipinski definition) is 6. The van der Waals surface area contributed by atoms with Crippen LogP contribution in [0.3, 0.4) is 0 Å². The van der Waals surface area contributed by atoms with E-state index in [0.717, 1.165) is 16.8 Å². The van der Waals surface area contributed by atoms with Gasteiger partial charge in [0, 0.05) is 24.6 Å². The van der Waals surface area contributed by atoms with Gasteiger partial charge in [0.05, 0.1) is 12.8 Å². The van der Waals surface area contributed by atoms with Crippen molar-refractivity contribution in [1.82, 2.24) is 14.6 Å². The molecule has 0 amide bonds. The van der Waals surface area contributed by atoms with Crippen LogP contribution in [0.5, 0.6) is 0 Å². The summed E-state index contributed by atoms with van der Waals surface area (Å²) in [5.41, 5.74) is -1.95. The summed E-state index contributed by atoms with van der Waals surface area (Å²) in [6, 6.07) is 2.95. The Kier molecular flexibility index (Phi) is 5.21. The number of nitrogens with one attached hydrogen (secondary N) is 2. The van der Waals surface area contributed by atoms with Crippen LogP contribution < -0.4 is 16.3 Å². The van der Waals surface area contributed by atoms with Crippen molar-refractivity contribution in [2.24, 2.45) is 0 Å². The summed E-state index contributed by atoms with van der Waals surface area (Å²) in [7, 11) is -3.84. The van der Waals surface area contributed by atoms with Gasteiger partial charge in [-0.15, -0.1) is 0 Å². The fourth-order valence-corrected chi connectivity index (χ4v) is 4.63. The van der Waals surface area contributed by atoms with E-state index in [1.165, 1.54) is 6.07 Å². The van der Waals surface area contributed by atoms with Crippen molar-refractivity contribution in [3.63, 3.8) is 0 Å². The van der Waals surface area contributed by atoms with Crippen molar-refractivity contribution in [1.29, 1.82) is 0 Å². The SMILES string of the molecule is O=c1[nH]c(=O)n([C@H]2C[C@@H]3O[P@@](=O)(NCc4ccc(F)cc4F)OC[C@H]3O2)cc1F. The lowest BCUT2D eigenvalue weighted by atomic mass is 10.2. The molecular formula is C16H15F3N3O6P. The van der Waals surface area contributed by atoms with E-state index < -0.39 is 54.9 Å². The smallest absolute Gasteiger partial charge is 0.349 e. The second kappa shape index (κ2) is 7.54. The summed E-state index contributed by atoms with van der Waals surface area (Å²) in [5, 5.41) is 2.49. The van der Waals surface area contributed by atoms with Gasteiger partial charge in [0.15, 0.2) is 0 Å². The van der Waals surface area contributed by atoms with Crippen LogP contribution in [-0.4, -0.2) is 28.4 Å². The van der Waals surface area contributed by atoms with Crippen LogP contribution in [0.2, 0.25) is 0 Å². The summed E-state index contributed by atoms with van der Waals surface area (Å²) in [5.74, 6) is -2.72. The minimum Gasteiger partial charge on any atom is -0.349 e. The summed E-state index contributed by atoms with van der Waals surface area (Å²) in [4.78, 5) is 24.9. The Morgan fingerprint density at radius 2 is 2.00 bits per heavy atom. The van der Waals surface area contributed by atoms with Crippen LogP contribution in [0.15, 0.2) is 34.0 Å². The van der Waals surface area contributed by atoms with Crippen LogP contribution in [0.1, 0.15) is 18.2 Å². The van der Waals surface area contributed by atoms with E-state index in [4.69, 9.17) is 13.8 Å². The fourth-order valence-electron chi connectivity index (χ4n) is 3.12. The van der Waals surface area contributed by atoms with Gasteiger partial charge in [-0.05, 0) is 6.07 Å². The molecule has 2 aliphatic rings. The van der Waals surface area contributed by atoms with Gasteiger partial charge in [0.25, 0.3) is 5.56 Å². The first-order chi connectivity index (χ1) is 13.7. The van der Waals surface area contributed by atoms with Crippen molar-refractivity contribution < 1.29 is 31.5 Å². The predicted octanol–water partition coefficient (Wildman–Crippen LogP) is 1.55. The maximum atomic E-state index is 13.7. The van der Waals surface area contributed by atoms with Crippen LogP contribution in [0.25, 0.3) is 0 Å². The monoisotopic (exact) mass is 433 g/mol. The summed E-state index contributed by atoms with van der Waals surface area (Å²) in [6.07, 6.45) is -1.65. The molecule has 2 fully saturated rings. The van der Waals surface area contributed by atoms with Gasteiger partial charge in [-0.1, -0.05) is 6.07 Å². The van der Waals surface area contributed by atoms with Crippen molar-refractivity contribution in [2.45, 2.75) is 31.4 Å². The molecule has 4 atom stereocenters. The van der Waals surface area contributed by atoms with E-state index in [1.807, 2.05) is 4.98 Å². The molecule has 0 radical (unpaired) electrons. The Bertz CT molecular complexity index is 1110. The molecule has 2 N–H and O–H groups in total. The van der Waals surface area contributed by atoms with E-state index in [1.54, 1.807) is 0 Å². The van der Waals surface area contributed by atoms with Crippen molar-refractivity contribution >= 4 is 7.75 Å². The quantitative estimate of drug-likeness (QED) is 0.704. The zero-order valence-electron chi connectivity index (χ0n) is 14.6. The molecule has 3 heterocycles. The number of ether oxygens (including phenoxy) is 1. The topological polar surface area (TPSA) is 112 Å². The number of rotatable bonds is 4. The molecule has 1 aromatic carbocycles. The highest BCUT2D eigenvalue weighted by atomic mass is 31.2. The summed E-state index contributed by atoms with van der Waals surface area (Å²) in [6.45, 7) is -0.395. The largest absolute Gasteiger partial charge is 0.406 e. The fraction of sp³-hybridized carbons (Fsp3) is 0.375. The molecule has 13 heteroatoms. The van der Waals surface area contributed by atoms with Crippen molar-refractivity contribution in [3.05, 3.63) is 68.2 Å². The first-order valence-corrected chi connectivity index (χ1v) is 10.1. The first-order valence-electron chi connectivity index (χ1n) is 8.52. The third kappa shape index (κ3) is 4.07. The van der Waals surface area contributed by atoms with Gasteiger partial charge in [0.2, 0.25) is 5.82 Å². The molecule has 9 nitrogen and oxygen atoms in total. The number of benzene rings is 1. The minimum atomic E-state index is -3.84. The van der Waals surface area contributed by atoms with Gasteiger partial charge in [-0.25, -0.2) is 23.2 Å². The lowest BCUT2D eigenvalue weighted by Gasteiger charge is -2.30. The molecule has 0 spiro atoms. The van der Waals surface area contributed by atoms with Crippen LogP contribution >= 0.6 is 7.75 Å². The molecule has 2 aliphatic heterocycles. The molecule has 156 valence electrons. The number of fused-ring (bicyclic) bond motifs is 1. The average Bonchev–Trinajstić information content (AvgIpc) is 3.06. The zero-order valence-corrected chi connectivity index (χ0v) is 15.5. The molecule has 0 saturated carbocycles. The second-order valence-corrected chi connectivity index (χ2v) is 8.30. The highest BCUT2D eigenvalue weighted by molar-refractivity contribution is 7.51. The summed E-state index contributed by atoms with van der Waals surface area (Å²) >= 11 is 0. The normalized spacial score (nSPS) is 29.0. The number of nitrogens with zero attached hydrogens (tertiary/aromatic N) is 1. The van der Waals surface area contributed by atoms with E-state index in [9.17, 15) is 27.3 Å². The van der Waals surface area contributed by atoms with Gasteiger partial charge >= 0.3 is 13.4 Å². The van der Waals surface area contributed by atoms with Gasteiger partial charge in [-0.3, -0.25) is 23.4 Å². The molecule has 4 rings (SSSR count). The predicted molar refractivity (Wildman–Crippen MR) is 91.4 cm³/mol. The average molecular weight is 433 g/mol. The number of halogens is 3. The van der Waals surface area contributed by atoms with E-state index >= 15 is 0 Å². The molecule has 0 aliphatic carbocycles. The molecule has 2 aromatic rings. The highest BCUT2D eigenvalue weighted by Gasteiger charge is 2.47. The zero-order chi connectivity index (χ0) is 20.8. The Hall–Kier alpha value is -2.24. The number of H-pyrrole nitrogens is 1. The molecule has 2 saturated heterocycles. The number of aromatic amines is 1. The Labute approximate surface area is 161 Å². The van der Waals surface area contributed by atoms with Gasteiger partial charge in [0.1, 0.15) is 30.1 Å². The Morgan fingerprint density at radius 3 is 2.76 bits per heavy atom. The number of aromatic nitrogens is 2. The molecule has 29 heavy (non-hydrogen) atoms. The second-order valence-electron chi connectivity index (χ2n) is 6.52. The summed E-state index contributed by atoms with van der Waals surface area (Å²) < 4.78 is 70.1. The van der Waals surface area contributed by atoms with Crippen molar-refractivity contribution in [3.8, 4) is 0 Å². The number of hydrogen-bond donors (Lipinski definition) is 2. The van der Waals surface area contributed by atoms with E-state index in [0.29, 0.717) is 6.07 Å². The maximum Gasteiger partial charge on any atom is 0.406 e. The minimum absolute atomic E-state index is 0.0377. The molecule has 0 unspecified atom stereocenters. The Balaban J connectivity index is 1.45. The standard InChI is InChI=1S/C16H15F3N3O6P/c17-9-2-1-8(10(18)3-9)5-20-29(25)26-7-13-12(28-29)4-14(27-13)22-6-11(19)15(23)21-16(22)24/h1-3,6,12-14H,4-5,7H2,(H,20,25)(H,21,23,24)/t12-,13+,14+,29+/m0/s1. The van der Waals surface area contributed by atoms with Gasteiger partial charge in [-0.2, -0.15) is 4.39 Å². The maximum absolute atomic E-state index is 13.7. The first kappa shape index (κ1) is 20.0. The van der Waals surface area contributed by atoms with E-state index in [2.05, 4.69) is 5.09 Å². The van der Waals surface area contributed by atoms with Crippen LogP contribution in [-0.2, 0) is 24.9 Å². The third-order valence-corrected chi connectivity index (χ3v) is 6.16.